The van der Waals surface area contributed by atoms with Crippen molar-refractivity contribution in [3.05, 3.63) is 54.1 Å². The van der Waals surface area contributed by atoms with Gasteiger partial charge in [0.2, 0.25) is 5.91 Å². The maximum Gasteiger partial charge on any atom is 0.475 e. The fourth-order valence-corrected chi connectivity index (χ4v) is 2.93. The van der Waals surface area contributed by atoms with Gasteiger partial charge in [-0.15, -0.1) is 0 Å². The van der Waals surface area contributed by atoms with Crippen LogP contribution in [0.4, 0.5) is 0 Å². The molecule has 0 aliphatic heterocycles. The normalized spacial score (nSPS) is 12.5. The topological polar surface area (TPSA) is 143 Å². The summed E-state index contributed by atoms with van der Waals surface area (Å²) in [6.45, 7) is -0.101. The minimum Gasteiger partial charge on any atom is -0.497 e. The van der Waals surface area contributed by atoms with E-state index in [2.05, 4.69) is 20.6 Å². The highest BCUT2D eigenvalue weighted by atomic mass is 16.5. The van der Waals surface area contributed by atoms with E-state index in [1.54, 1.807) is 7.11 Å². The predicted molar refractivity (Wildman–Crippen MR) is 113 cm³/mol. The molecule has 0 radical (unpaired) electrons. The SMILES string of the molecule is COC[C@@H](NC(=O)c1cnccn1)C(=O)N[C@@H](CCCc1cccc(OC)c1)B(O)O. The number of ether oxygens (including phenoxy) is 2. The van der Waals surface area contributed by atoms with Crippen molar-refractivity contribution in [3.8, 4) is 5.75 Å². The molecule has 0 aliphatic carbocycles. The maximum atomic E-state index is 12.7. The van der Waals surface area contributed by atoms with E-state index in [0.29, 0.717) is 19.3 Å². The van der Waals surface area contributed by atoms with Crippen molar-refractivity contribution in [2.75, 3.05) is 20.8 Å². The van der Waals surface area contributed by atoms with E-state index in [9.17, 15) is 19.6 Å². The number of nitrogens with one attached hydrogen (secondary N) is 2. The summed E-state index contributed by atoms with van der Waals surface area (Å²) in [5.41, 5.74) is 1.08. The Bertz CT molecular complexity index is 839. The Kier molecular flexibility index (Phi) is 9.88. The number of aromatic nitrogens is 2. The molecule has 31 heavy (non-hydrogen) atoms. The Morgan fingerprint density at radius 3 is 2.65 bits per heavy atom. The average Bonchev–Trinajstić information content (AvgIpc) is 2.78. The molecule has 0 saturated heterocycles. The zero-order chi connectivity index (χ0) is 22.6. The smallest absolute Gasteiger partial charge is 0.475 e. The van der Waals surface area contributed by atoms with Crippen LogP contribution < -0.4 is 15.4 Å². The number of rotatable bonds is 12. The van der Waals surface area contributed by atoms with Gasteiger partial charge in [0.25, 0.3) is 5.91 Å². The molecular weight excluding hydrogens is 403 g/mol. The molecule has 1 heterocycles. The Morgan fingerprint density at radius 1 is 1.19 bits per heavy atom. The van der Waals surface area contributed by atoms with Crippen LogP contribution in [0, 0.1) is 0 Å². The lowest BCUT2D eigenvalue weighted by atomic mass is 9.76. The van der Waals surface area contributed by atoms with Crippen molar-refractivity contribution >= 4 is 18.9 Å². The quantitative estimate of drug-likeness (QED) is 0.338. The van der Waals surface area contributed by atoms with Crippen LogP contribution >= 0.6 is 0 Å². The molecule has 0 unspecified atom stereocenters. The Hall–Kier alpha value is -3.02. The summed E-state index contributed by atoms with van der Waals surface area (Å²) in [6, 6.07) is 6.53. The van der Waals surface area contributed by atoms with Crippen molar-refractivity contribution in [1.29, 1.82) is 0 Å². The van der Waals surface area contributed by atoms with Crippen LogP contribution in [0.25, 0.3) is 0 Å². The van der Waals surface area contributed by atoms with Gasteiger partial charge in [0.15, 0.2) is 0 Å². The molecule has 0 aliphatic rings. The highest BCUT2D eigenvalue weighted by Crippen LogP contribution is 2.15. The molecule has 4 N–H and O–H groups in total. The molecule has 0 bridgehead atoms. The highest BCUT2D eigenvalue weighted by molar-refractivity contribution is 6.43. The van der Waals surface area contributed by atoms with E-state index >= 15 is 0 Å². The summed E-state index contributed by atoms with van der Waals surface area (Å²) in [6.07, 6.45) is 5.64. The molecule has 11 heteroatoms. The molecule has 1 aromatic carbocycles. The number of benzene rings is 1. The van der Waals surface area contributed by atoms with Crippen molar-refractivity contribution < 1.29 is 29.1 Å². The summed E-state index contributed by atoms with van der Waals surface area (Å²) in [5, 5.41) is 24.5. The Labute approximate surface area is 181 Å². The van der Waals surface area contributed by atoms with Gasteiger partial charge in [0.1, 0.15) is 17.5 Å². The van der Waals surface area contributed by atoms with E-state index in [4.69, 9.17) is 9.47 Å². The number of methoxy groups -OCH3 is 2. The number of carbonyl (C=O) groups excluding carboxylic acids is 2. The average molecular weight is 430 g/mol. The summed E-state index contributed by atoms with van der Waals surface area (Å²) in [5.74, 6) is -1.36. The molecule has 0 saturated carbocycles. The van der Waals surface area contributed by atoms with Crippen molar-refractivity contribution in [1.82, 2.24) is 20.6 Å². The van der Waals surface area contributed by atoms with E-state index in [0.717, 1.165) is 11.3 Å². The van der Waals surface area contributed by atoms with Crippen LogP contribution in [0.15, 0.2) is 42.9 Å². The van der Waals surface area contributed by atoms with Gasteiger partial charge in [0.05, 0.1) is 25.9 Å². The van der Waals surface area contributed by atoms with Crippen LogP contribution in [-0.2, 0) is 16.0 Å². The van der Waals surface area contributed by atoms with Gasteiger partial charge < -0.3 is 30.2 Å². The number of hydrogen-bond donors (Lipinski definition) is 4. The second-order valence-corrected chi connectivity index (χ2v) is 6.84. The molecule has 0 fully saturated rings. The van der Waals surface area contributed by atoms with Gasteiger partial charge in [-0.3, -0.25) is 14.6 Å². The predicted octanol–water partition coefficient (Wildman–Crippen LogP) is -0.250. The molecule has 166 valence electrons. The fraction of sp³-hybridized carbons (Fsp3) is 0.400. The van der Waals surface area contributed by atoms with Gasteiger partial charge in [-0.25, -0.2) is 4.98 Å². The maximum absolute atomic E-state index is 12.7. The third-order valence-electron chi connectivity index (χ3n) is 4.55. The van der Waals surface area contributed by atoms with Gasteiger partial charge in [-0.05, 0) is 37.0 Å². The molecule has 2 amide bonds. The number of amides is 2. The summed E-state index contributed by atoms with van der Waals surface area (Å²) in [4.78, 5) is 32.6. The van der Waals surface area contributed by atoms with Crippen molar-refractivity contribution in [2.45, 2.75) is 31.2 Å². The molecule has 1 aromatic heterocycles. The minimum absolute atomic E-state index is 0.0495. The standard InChI is InChI=1S/C20H27BN4O6/c1-30-13-17(24-19(26)16-12-22-9-10-23-16)20(27)25-18(21(28)29)8-4-6-14-5-3-7-15(11-14)31-2/h3,5,7,9-12,17-18,28-29H,4,6,8,13H2,1-2H3,(H,24,26)(H,25,27)/t17-,18+/m1/s1. The van der Waals surface area contributed by atoms with Gasteiger partial charge in [0, 0.05) is 19.5 Å². The van der Waals surface area contributed by atoms with Crippen LogP contribution in [0.5, 0.6) is 5.75 Å². The zero-order valence-corrected chi connectivity index (χ0v) is 17.5. The first-order valence-corrected chi connectivity index (χ1v) is 9.79. The van der Waals surface area contributed by atoms with Crippen LogP contribution in [0.1, 0.15) is 28.9 Å². The number of carbonyl (C=O) groups is 2. The lowest BCUT2D eigenvalue weighted by Gasteiger charge is -2.22. The largest absolute Gasteiger partial charge is 0.497 e. The summed E-state index contributed by atoms with van der Waals surface area (Å²) in [7, 11) is 1.22. The number of hydrogen-bond acceptors (Lipinski definition) is 8. The van der Waals surface area contributed by atoms with Crippen LogP contribution in [0.2, 0.25) is 0 Å². The zero-order valence-electron chi connectivity index (χ0n) is 17.5. The minimum atomic E-state index is -1.76. The Morgan fingerprint density at radius 2 is 2.00 bits per heavy atom. The van der Waals surface area contributed by atoms with Crippen LogP contribution in [-0.4, -0.2) is 71.8 Å². The van der Waals surface area contributed by atoms with Crippen molar-refractivity contribution in [3.63, 3.8) is 0 Å². The second-order valence-electron chi connectivity index (χ2n) is 6.84. The van der Waals surface area contributed by atoms with E-state index in [1.165, 1.54) is 25.7 Å². The number of aryl methyl sites for hydroxylation is 1. The van der Waals surface area contributed by atoms with Gasteiger partial charge >= 0.3 is 7.12 Å². The third-order valence-corrected chi connectivity index (χ3v) is 4.55. The Balaban J connectivity index is 1.93. The van der Waals surface area contributed by atoms with Crippen LogP contribution in [0.3, 0.4) is 0 Å². The summed E-state index contributed by atoms with van der Waals surface area (Å²) >= 11 is 0. The van der Waals surface area contributed by atoms with E-state index in [-0.39, 0.29) is 12.3 Å². The molecule has 2 aromatic rings. The molecule has 0 spiro atoms. The molecule has 10 nitrogen and oxygen atoms in total. The first kappa shape index (κ1) is 24.3. The van der Waals surface area contributed by atoms with Gasteiger partial charge in [-0.1, -0.05) is 12.1 Å². The van der Waals surface area contributed by atoms with E-state index in [1.807, 2.05) is 24.3 Å². The molecule has 2 atom stereocenters. The number of nitrogens with zero attached hydrogens (tertiary/aromatic N) is 2. The van der Waals surface area contributed by atoms with E-state index < -0.39 is 30.9 Å². The lowest BCUT2D eigenvalue weighted by Crippen LogP contribution is -2.55. The van der Waals surface area contributed by atoms with Gasteiger partial charge in [-0.2, -0.15) is 0 Å². The fourth-order valence-electron chi connectivity index (χ4n) is 2.93. The molecule has 2 rings (SSSR count). The third kappa shape index (κ3) is 7.97. The molecular formula is C20H27BN4O6. The lowest BCUT2D eigenvalue weighted by molar-refractivity contribution is -0.124. The second kappa shape index (κ2) is 12.6. The summed E-state index contributed by atoms with van der Waals surface area (Å²) < 4.78 is 10.2. The first-order valence-electron chi connectivity index (χ1n) is 9.79. The highest BCUT2D eigenvalue weighted by Gasteiger charge is 2.29. The van der Waals surface area contributed by atoms with Crippen molar-refractivity contribution in [2.24, 2.45) is 0 Å². The first-order chi connectivity index (χ1) is 14.9. The monoisotopic (exact) mass is 430 g/mol.